The zero-order valence-corrected chi connectivity index (χ0v) is 15.7. The number of para-hydroxylation sites is 1. The summed E-state index contributed by atoms with van der Waals surface area (Å²) in [4.78, 5) is 27.0. The molecule has 2 aromatic rings. The van der Waals surface area contributed by atoms with Crippen LogP contribution in [0.25, 0.3) is 0 Å². The van der Waals surface area contributed by atoms with Gasteiger partial charge in [0, 0.05) is 37.5 Å². The summed E-state index contributed by atoms with van der Waals surface area (Å²) >= 11 is 0. The Labute approximate surface area is 160 Å². The van der Waals surface area contributed by atoms with Crippen molar-refractivity contribution in [3.63, 3.8) is 0 Å². The summed E-state index contributed by atoms with van der Waals surface area (Å²) in [6.45, 7) is 3.82. The number of benzene rings is 2. The molecule has 0 bridgehead atoms. The second-order valence-corrected chi connectivity index (χ2v) is 7.86. The zero-order chi connectivity index (χ0) is 18.8. The summed E-state index contributed by atoms with van der Waals surface area (Å²) in [7, 11) is 0. The third kappa shape index (κ3) is 3.75. The highest BCUT2D eigenvalue weighted by Crippen LogP contribution is 2.36. The highest BCUT2D eigenvalue weighted by molar-refractivity contribution is 5.95. The SMILES string of the molecule is CC1CN(C(=O)CC2CC(=O)Nc3ccccc32)CCC1c1ccccc1. The normalized spacial score (nSPS) is 24.9. The summed E-state index contributed by atoms with van der Waals surface area (Å²) in [5, 5.41) is 2.91. The maximum Gasteiger partial charge on any atom is 0.225 e. The van der Waals surface area contributed by atoms with Gasteiger partial charge in [-0.3, -0.25) is 9.59 Å². The summed E-state index contributed by atoms with van der Waals surface area (Å²) in [5.74, 6) is 1.10. The number of piperidine rings is 1. The lowest BCUT2D eigenvalue weighted by Crippen LogP contribution is -2.43. The number of nitrogens with one attached hydrogen (secondary N) is 1. The average Bonchev–Trinajstić information content (AvgIpc) is 2.68. The summed E-state index contributed by atoms with van der Waals surface area (Å²) in [6, 6.07) is 18.4. The molecule has 4 nitrogen and oxygen atoms in total. The van der Waals surface area contributed by atoms with E-state index in [1.165, 1.54) is 5.56 Å². The molecule has 0 spiro atoms. The van der Waals surface area contributed by atoms with E-state index < -0.39 is 0 Å². The van der Waals surface area contributed by atoms with Crippen LogP contribution in [0.5, 0.6) is 0 Å². The van der Waals surface area contributed by atoms with Gasteiger partial charge in [-0.15, -0.1) is 0 Å². The van der Waals surface area contributed by atoms with Gasteiger partial charge in [0.2, 0.25) is 11.8 Å². The third-order valence-electron chi connectivity index (χ3n) is 6.01. The van der Waals surface area contributed by atoms with Crippen molar-refractivity contribution < 1.29 is 9.59 Å². The Morgan fingerprint density at radius 1 is 1.11 bits per heavy atom. The van der Waals surface area contributed by atoms with Crippen molar-refractivity contribution in [2.24, 2.45) is 5.92 Å². The van der Waals surface area contributed by atoms with E-state index in [1.807, 2.05) is 35.2 Å². The number of carbonyl (C=O) groups is 2. The first-order valence-electron chi connectivity index (χ1n) is 9.83. The fraction of sp³-hybridized carbons (Fsp3) is 0.391. The lowest BCUT2D eigenvalue weighted by Gasteiger charge is -2.38. The van der Waals surface area contributed by atoms with Crippen molar-refractivity contribution in [3.05, 3.63) is 65.7 Å². The lowest BCUT2D eigenvalue weighted by molar-refractivity contribution is -0.133. The molecule has 2 aliphatic rings. The number of carbonyl (C=O) groups excluding carboxylic acids is 2. The number of likely N-dealkylation sites (tertiary alicyclic amines) is 1. The first-order valence-corrected chi connectivity index (χ1v) is 9.83. The van der Waals surface area contributed by atoms with Crippen molar-refractivity contribution in [2.45, 2.75) is 38.0 Å². The van der Waals surface area contributed by atoms with Crippen molar-refractivity contribution >= 4 is 17.5 Å². The van der Waals surface area contributed by atoms with E-state index in [1.54, 1.807) is 0 Å². The second-order valence-electron chi connectivity index (χ2n) is 7.86. The molecular weight excluding hydrogens is 336 g/mol. The van der Waals surface area contributed by atoms with Gasteiger partial charge in [0.15, 0.2) is 0 Å². The Kier molecular flexibility index (Phi) is 4.97. The molecule has 3 unspecified atom stereocenters. The molecule has 1 saturated heterocycles. The zero-order valence-electron chi connectivity index (χ0n) is 15.7. The molecule has 0 radical (unpaired) electrons. The van der Waals surface area contributed by atoms with Gasteiger partial charge < -0.3 is 10.2 Å². The van der Waals surface area contributed by atoms with Gasteiger partial charge in [0.1, 0.15) is 0 Å². The summed E-state index contributed by atoms with van der Waals surface area (Å²) < 4.78 is 0. The van der Waals surface area contributed by atoms with E-state index in [2.05, 4.69) is 36.5 Å². The fourth-order valence-electron chi connectivity index (χ4n) is 4.59. The smallest absolute Gasteiger partial charge is 0.225 e. The fourth-order valence-corrected chi connectivity index (χ4v) is 4.59. The molecule has 27 heavy (non-hydrogen) atoms. The van der Waals surface area contributed by atoms with Crippen molar-refractivity contribution in [1.29, 1.82) is 0 Å². The minimum absolute atomic E-state index is 0.00246. The maximum absolute atomic E-state index is 13.0. The van der Waals surface area contributed by atoms with Crippen molar-refractivity contribution in [2.75, 3.05) is 18.4 Å². The molecule has 4 rings (SSSR count). The molecule has 2 amide bonds. The van der Waals surface area contributed by atoms with Gasteiger partial charge in [-0.1, -0.05) is 55.5 Å². The molecule has 140 valence electrons. The van der Waals surface area contributed by atoms with E-state index in [-0.39, 0.29) is 17.7 Å². The molecule has 0 aliphatic carbocycles. The van der Waals surface area contributed by atoms with Gasteiger partial charge in [0.25, 0.3) is 0 Å². The number of amides is 2. The van der Waals surface area contributed by atoms with Crippen LogP contribution in [0.4, 0.5) is 5.69 Å². The van der Waals surface area contributed by atoms with Crippen LogP contribution < -0.4 is 5.32 Å². The standard InChI is InChI=1S/C23H26N2O2/c1-16-15-25(12-11-19(16)17-7-3-2-4-8-17)23(27)14-18-13-22(26)24-21-10-6-5-9-20(18)21/h2-10,16,18-19H,11-15H2,1H3,(H,24,26). The first-order chi connectivity index (χ1) is 13.1. The molecule has 1 fully saturated rings. The van der Waals surface area contributed by atoms with Crippen LogP contribution in [0.2, 0.25) is 0 Å². The molecule has 0 aromatic heterocycles. The Morgan fingerprint density at radius 2 is 1.85 bits per heavy atom. The topological polar surface area (TPSA) is 49.4 Å². The predicted molar refractivity (Wildman–Crippen MR) is 107 cm³/mol. The summed E-state index contributed by atoms with van der Waals surface area (Å²) in [6.07, 6.45) is 1.80. The van der Waals surface area contributed by atoms with Gasteiger partial charge in [-0.05, 0) is 35.4 Å². The van der Waals surface area contributed by atoms with Crippen LogP contribution in [0.3, 0.4) is 0 Å². The lowest BCUT2D eigenvalue weighted by atomic mass is 9.81. The molecule has 4 heteroatoms. The quantitative estimate of drug-likeness (QED) is 0.891. The third-order valence-corrected chi connectivity index (χ3v) is 6.01. The van der Waals surface area contributed by atoms with Gasteiger partial charge in [0.05, 0.1) is 0 Å². The van der Waals surface area contributed by atoms with E-state index in [9.17, 15) is 9.59 Å². The highest BCUT2D eigenvalue weighted by atomic mass is 16.2. The molecular formula is C23H26N2O2. The first kappa shape index (κ1) is 17.8. The van der Waals surface area contributed by atoms with Crippen LogP contribution >= 0.6 is 0 Å². The van der Waals surface area contributed by atoms with E-state index in [4.69, 9.17) is 0 Å². The summed E-state index contributed by atoms with van der Waals surface area (Å²) in [5.41, 5.74) is 3.30. The predicted octanol–water partition coefficient (Wildman–Crippen LogP) is 4.15. The van der Waals surface area contributed by atoms with Crippen LogP contribution in [0.1, 0.15) is 49.1 Å². The second kappa shape index (κ2) is 7.55. The van der Waals surface area contributed by atoms with Crippen LogP contribution in [-0.2, 0) is 9.59 Å². The van der Waals surface area contributed by atoms with Crippen LogP contribution in [0.15, 0.2) is 54.6 Å². The van der Waals surface area contributed by atoms with Crippen molar-refractivity contribution in [3.8, 4) is 0 Å². The number of hydrogen-bond acceptors (Lipinski definition) is 2. The van der Waals surface area contributed by atoms with Gasteiger partial charge in [-0.2, -0.15) is 0 Å². The Morgan fingerprint density at radius 3 is 2.63 bits per heavy atom. The molecule has 2 heterocycles. The van der Waals surface area contributed by atoms with Crippen molar-refractivity contribution in [1.82, 2.24) is 4.90 Å². The maximum atomic E-state index is 13.0. The number of hydrogen-bond donors (Lipinski definition) is 1. The Balaban J connectivity index is 1.42. The molecule has 0 saturated carbocycles. The van der Waals surface area contributed by atoms with Crippen LogP contribution in [0, 0.1) is 5.92 Å². The van der Waals surface area contributed by atoms with Crippen LogP contribution in [-0.4, -0.2) is 29.8 Å². The van der Waals surface area contributed by atoms with E-state index in [0.29, 0.717) is 24.7 Å². The monoisotopic (exact) mass is 362 g/mol. The van der Waals surface area contributed by atoms with Gasteiger partial charge in [-0.25, -0.2) is 0 Å². The number of fused-ring (bicyclic) bond motifs is 1. The molecule has 2 aliphatic heterocycles. The van der Waals surface area contributed by atoms with Gasteiger partial charge >= 0.3 is 0 Å². The minimum atomic E-state index is -0.0235. The van der Waals surface area contributed by atoms with E-state index in [0.717, 1.165) is 30.8 Å². The number of rotatable bonds is 3. The van der Waals surface area contributed by atoms with E-state index >= 15 is 0 Å². The molecule has 3 atom stereocenters. The Hall–Kier alpha value is -2.62. The minimum Gasteiger partial charge on any atom is -0.342 e. The molecule has 1 N–H and O–H groups in total. The highest BCUT2D eigenvalue weighted by Gasteiger charge is 2.32. The largest absolute Gasteiger partial charge is 0.342 e. The average molecular weight is 362 g/mol. The number of nitrogens with zero attached hydrogens (tertiary/aromatic N) is 1. The number of anilines is 1. The molecule has 2 aromatic carbocycles. The Bertz CT molecular complexity index is 833.